The molecule has 4 N–H and O–H groups in total. The van der Waals surface area contributed by atoms with Crippen LogP contribution in [0.15, 0.2) is 48.8 Å². The molecule has 1 heterocycles. The zero-order valence-electron chi connectivity index (χ0n) is 10.7. The number of hydrogen-bond donors (Lipinski definition) is 3. The maximum Gasteiger partial charge on any atom is 0.0931 e. The van der Waals surface area contributed by atoms with Crippen molar-refractivity contribution in [1.29, 1.82) is 0 Å². The summed E-state index contributed by atoms with van der Waals surface area (Å²) in [5.41, 5.74) is 11.5. The highest BCUT2D eigenvalue weighted by Gasteiger charge is 2.10. The normalized spacial score (nSPS) is 12.5. The highest BCUT2D eigenvalue weighted by atomic mass is 14.9. The molecule has 1 atom stereocenters. The smallest absolute Gasteiger partial charge is 0.0931 e. The summed E-state index contributed by atoms with van der Waals surface area (Å²) in [7, 11) is 1.90. The van der Waals surface area contributed by atoms with Crippen LogP contribution >= 0.6 is 0 Å². The Balaban J connectivity index is 1.94. The summed E-state index contributed by atoms with van der Waals surface area (Å²) in [6.45, 7) is 0. The summed E-state index contributed by atoms with van der Waals surface area (Å²) in [4.78, 5) is 7.32. The zero-order valence-corrected chi connectivity index (χ0v) is 10.7. The van der Waals surface area contributed by atoms with Crippen LogP contribution in [0.5, 0.6) is 0 Å². The van der Waals surface area contributed by atoms with Crippen LogP contribution in [-0.2, 0) is 0 Å². The van der Waals surface area contributed by atoms with Gasteiger partial charge in [-0.2, -0.15) is 0 Å². The van der Waals surface area contributed by atoms with E-state index in [0.29, 0.717) is 0 Å². The molecule has 4 nitrogen and oxygen atoms in total. The van der Waals surface area contributed by atoms with Gasteiger partial charge in [0.2, 0.25) is 0 Å². The fourth-order valence-corrected chi connectivity index (χ4v) is 2.20. The van der Waals surface area contributed by atoms with Gasteiger partial charge in [0.15, 0.2) is 0 Å². The number of hydrogen-bond acceptors (Lipinski definition) is 3. The number of aromatic amines is 1. The fraction of sp³-hybridized carbons (Fsp3) is 0.133. The maximum atomic E-state index is 6.31. The number of fused-ring (bicyclic) bond motifs is 1. The molecule has 3 aromatic rings. The quantitative estimate of drug-likeness (QED) is 0.671. The molecule has 1 unspecified atom stereocenters. The van der Waals surface area contributed by atoms with Crippen molar-refractivity contribution in [2.75, 3.05) is 12.4 Å². The Morgan fingerprint density at radius 2 is 1.84 bits per heavy atom. The van der Waals surface area contributed by atoms with Gasteiger partial charge in [-0.1, -0.05) is 18.2 Å². The van der Waals surface area contributed by atoms with E-state index in [0.717, 1.165) is 27.8 Å². The SMILES string of the molecule is CNc1ccc(C(N)c2ccc3nc[nH]c3c2)cc1. The van der Waals surface area contributed by atoms with E-state index in [-0.39, 0.29) is 6.04 Å². The molecule has 0 aliphatic heterocycles. The van der Waals surface area contributed by atoms with Gasteiger partial charge in [-0.3, -0.25) is 0 Å². The number of H-pyrrole nitrogens is 1. The molecule has 96 valence electrons. The minimum atomic E-state index is -0.126. The summed E-state index contributed by atoms with van der Waals surface area (Å²) in [5, 5.41) is 3.10. The number of nitrogens with two attached hydrogens (primary N) is 1. The lowest BCUT2D eigenvalue weighted by atomic mass is 9.99. The number of nitrogens with one attached hydrogen (secondary N) is 2. The highest BCUT2D eigenvalue weighted by molar-refractivity contribution is 5.75. The summed E-state index contributed by atoms with van der Waals surface area (Å²) in [6.07, 6.45) is 1.70. The molecule has 0 saturated heterocycles. The number of imidazole rings is 1. The van der Waals surface area contributed by atoms with Crippen LogP contribution in [0.2, 0.25) is 0 Å². The third kappa shape index (κ3) is 2.18. The third-order valence-corrected chi connectivity index (χ3v) is 3.36. The second-order valence-electron chi connectivity index (χ2n) is 4.53. The van der Waals surface area contributed by atoms with Crippen molar-refractivity contribution < 1.29 is 0 Å². The van der Waals surface area contributed by atoms with Crippen LogP contribution in [0.1, 0.15) is 17.2 Å². The van der Waals surface area contributed by atoms with Gasteiger partial charge >= 0.3 is 0 Å². The molecule has 1 aromatic heterocycles. The molecule has 2 aromatic carbocycles. The Morgan fingerprint density at radius 1 is 1.11 bits per heavy atom. The predicted molar refractivity (Wildman–Crippen MR) is 78.1 cm³/mol. The molecule has 4 heteroatoms. The van der Waals surface area contributed by atoms with Gasteiger partial charge in [-0.05, 0) is 35.4 Å². The highest BCUT2D eigenvalue weighted by Crippen LogP contribution is 2.23. The molecular formula is C15H16N4. The topological polar surface area (TPSA) is 66.7 Å². The predicted octanol–water partition coefficient (Wildman–Crippen LogP) is 2.65. The lowest BCUT2D eigenvalue weighted by Crippen LogP contribution is -2.11. The van der Waals surface area contributed by atoms with Crippen LogP contribution in [0.4, 0.5) is 5.69 Å². The van der Waals surface area contributed by atoms with Crippen LogP contribution in [0, 0.1) is 0 Å². The summed E-state index contributed by atoms with van der Waals surface area (Å²) < 4.78 is 0. The Kier molecular flexibility index (Phi) is 2.93. The molecule has 0 bridgehead atoms. The molecule has 0 spiro atoms. The van der Waals surface area contributed by atoms with Crippen molar-refractivity contribution in [3.05, 3.63) is 59.9 Å². The Hall–Kier alpha value is -2.33. The van der Waals surface area contributed by atoms with Gasteiger partial charge < -0.3 is 16.0 Å². The fourth-order valence-electron chi connectivity index (χ4n) is 2.20. The van der Waals surface area contributed by atoms with Crippen LogP contribution < -0.4 is 11.1 Å². The van der Waals surface area contributed by atoms with Crippen LogP contribution in [0.3, 0.4) is 0 Å². The van der Waals surface area contributed by atoms with E-state index in [4.69, 9.17) is 5.73 Å². The number of nitrogens with zero attached hydrogens (tertiary/aromatic N) is 1. The van der Waals surface area contributed by atoms with Gasteiger partial charge in [0.05, 0.1) is 23.4 Å². The standard InChI is InChI=1S/C15H16N4/c1-17-12-5-2-10(3-6-12)15(16)11-4-7-13-14(8-11)19-9-18-13/h2-9,15,17H,16H2,1H3,(H,18,19). The Morgan fingerprint density at radius 3 is 2.58 bits per heavy atom. The molecule has 0 amide bonds. The molecule has 19 heavy (non-hydrogen) atoms. The summed E-state index contributed by atoms with van der Waals surface area (Å²) in [6, 6.07) is 14.1. The first-order chi connectivity index (χ1) is 9.28. The first kappa shape index (κ1) is 11.7. The van der Waals surface area contributed by atoms with E-state index in [9.17, 15) is 0 Å². The van der Waals surface area contributed by atoms with Gasteiger partial charge in [0, 0.05) is 12.7 Å². The van der Waals surface area contributed by atoms with Gasteiger partial charge in [0.1, 0.15) is 0 Å². The molecule has 0 aliphatic carbocycles. The Labute approximate surface area is 111 Å². The first-order valence-electron chi connectivity index (χ1n) is 6.24. The lowest BCUT2D eigenvalue weighted by Gasteiger charge is -2.13. The van der Waals surface area contributed by atoms with Crippen molar-refractivity contribution in [1.82, 2.24) is 9.97 Å². The minimum absolute atomic E-state index is 0.126. The van der Waals surface area contributed by atoms with E-state index in [2.05, 4.69) is 21.4 Å². The Bertz CT molecular complexity index is 685. The number of benzene rings is 2. The van der Waals surface area contributed by atoms with E-state index in [1.54, 1.807) is 6.33 Å². The summed E-state index contributed by atoms with van der Waals surface area (Å²) in [5.74, 6) is 0. The zero-order chi connectivity index (χ0) is 13.2. The van der Waals surface area contributed by atoms with Crippen molar-refractivity contribution in [3.8, 4) is 0 Å². The molecule has 3 rings (SSSR count). The van der Waals surface area contributed by atoms with Crippen LogP contribution in [-0.4, -0.2) is 17.0 Å². The van der Waals surface area contributed by atoms with Crippen molar-refractivity contribution in [2.24, 2.45) is 5.73 Å². The number of anilines is 1. The molecule has 0 saturated carbocycles. The molecular weight excluding hydrogens is 236 g/mol. The third-order valence-electron chi connectivity index (χ3n) is 3.36. The van der Waals surface area contributed by atoms with Crippen LogP contribution in [0.25, 0.3) is 11.0 Å². The lowest BCUT2D eigenvalue weighted by molar-refractivity contribution is 0.873. The average molecular weight is 252 g/mol. The van der Waals surface area contributed by atoms with Crippen molar-refractivity contribution >= 4 is 16.7 Å². The summed E-state index contributed by atoms with van der Waals surface area (Å²) >= 11 is 0. The van der Waals surface area contributed by atoms with E-state index < -0.39 is 0 Å². The largest absolute Gasteiger partial charge is 0.388 e. The average Bonchev–Trinajstić information content (AvgIpc) is 2.94. The first-order valence-corrected chi connectivity index (χ1v) is 6.24. The number of aromatic nitrogens is 2. The van der Waals surface area contributed by atoms with E-state index in [1.165, 1.54) is 0 Å². The number of rotatable bonds is 3. The van der Waals surface area contributed by atoms with E-state index in [1.807, 2.05) is 43.4 Å². The van der Waals surface area contributed by atoms with Gasteiger partial charge in [0.25, 0.3) is 0 Å². The minimum Gasteiger partial charge on any atom is -0.388 e. The molecule has 0 aliphatic rings. The second kappa shape index (κ2) is 4.74. The second-order valence-corrected chi connectivity index (χ2v) is 4.53. The molecule has 0 radical (unpaired) electrons. The van der Waals surface area contributed by atoms with Crippen molar-refractivity contribution in [3.63, 3.8) is 0 Å². The van der Waals surface area contributed by atoms with E-state index >= 15 is 0 Å². The van der Waals surface area contributed by atoms with Crippen molar-refractivity contribution in [2.45, 2.75) is 6.04 Å². The van der Waals surface area contributed by atoms with Gasteiger partial charge in [-0.25, -0.2) is 4.98 Å². The van der Waals surface area contributed by atoms with Gasteiger partial charge in [-0.15, -0.1) is 0 Å². The molecule has 0 fully saturated rings. The monoisotopic (exact) mass is 252 g/mol. The maximum absolute atomic E-state index is 6.31.